The summed E-state index contributed by atoms with van der Waals surface area (Å²) in [5, 5.41) is 4.59. The molecule has 1 saturated heterocycles. The Labute approximate surface area is 200 Å². The van der Waals surface area contributed by atoms with E-state index in [4.69, 9.17) is 9.47 Å². The number of methoxy groups -OCH3 is 1. The van der Waals surface area contributed by atoms with E-state index in [0.717, 1.165) is 50.6 Å². The number of anilines is 1. The number of rotatable bonds is 8. The Bertz CT molecular complexity index is 1170. The zero-order chi connectivity index (χ0) is 22.5. The van der Waals surface area contributed by atoms with Gasteiger partial charge in [0.15, 0.2) is 0 Å². The smallest absolute Gasteiger partial charge is 0.142 e. The van der Waals surface area contributed by atoms with Gasteiger partial charge in [-0.2, -0.15) is 0 Å². The van der Waals surface area contributed by atoms with E-state index in [1.165, 1.54) is 21.3 Å². The lowest BCUT2D eigenvalue weighted by Crippen LogP contribution is -2.47. The minimum absolute atomic E-state index is 0.0680. The number of ether oxygens (including phenoxy) is 2. The van der Waals surface area contributed by atoms with Crippen LogP contribution in [0.3, 0.4) is 0 Å². The molecule has 1 fully saturated rings. The highest BCUT2D eigenvalue weighted by atomic mass is 32.1. The normalized spacial score (nSPS) is 15.5. The fourth-order valence-corrected chi connectivity index (χ4v) is 5.33. The zero-order valence-corrected chi connectivity index (χ0v) is 19.8. The Morgan fingerprint density at radius 3 is 2.42 bits per heavy atom. The summed E-state index contributed by atoms with van der Waals surface area (Å²) in [5.41, 5.74) is 1.19. The van der Waals surface area contributed by atoms with E-state index in [9.17, 15) is 0 Å². The van der Waals surface area contributed by atoms with E-state index in [1.807, 2.05) is 12.1 Å². The van der Waals surface area contributed by atoms with E-state index in [2.05, 4.69) is 81.9 Å². The second-order valence-corrected chi connectivity index (χ2v) is 9.40. The minimum atomic E-state index is 0.0680. The molecule has 0 N–H and O–H groups in total. The van der Waals surface area contributed by atoms with Crippen molar-refractivity contribution in [2.45, 2.75) is 12.5 Å². The summed E-state index contributed by atoms with van der Waals surface area (Å²) in [6, 6.07) is 27.4. The molecule has 0 bridgehead atoms. The van der Waals surface area contributed by atoms with Crippen LogP contribution in [0.1, 0.15) is 17.4 Å². The number of piperazine rings is 1. The molecule has 4 aromatic rings. The molecule has 4 nitrogen and oxygen atoms in total. The molecule has 1 aliphatic heterocycles. The highest BCUT2D eigenvalue weighted by Crippen LogP contribution is 2.31. The Morgan fingerprint density at radius 2 is 1.64 bits per heavy atom. The lowest BCUT2D eigenvalue weighted by Gasteiger charge is -2.37. The van der Waals surface area contributed by atoms with Gasteiger partial charge in [0.05, 0.1) is 12.8 Å². The van der Waals surface area contributed by atoms with Crippen LogP contribution in [0.5, 0.6) is 11.5 Å². The van der Waals surface area contributed by atoms with Crippen LogP contribution in [0.2, 0.25) is 0 Å². The molecule has 0 aliphatic carbocycles. The molecule has 0 amide bonds. The van der Waals surface area contributed by atoms with Crippen LogP contribution in [-0.4, -0.2) is 44.7 Å². The van der Waals surface area contributed by atoms with Crippen LogP contribution in [0.4, 0.5) is 5.69 Å². The standard InChI is InChI=1S/C28H30N2O2S/c1-31-26-10-5-4-9-25(26)30-18-16-29(17-19-30)15-14-27(28-11-6-20-33-28)32-24-13-12-22-7-2-3-8-23(22)21-24/h2-13,20-21,27H,14-19H2,1H3. The maximum absolute atomic E-state index is 6.54. The van der Waals surface area contributed by atoms with E-state index < -0.39 is 0 Å². The van der Waals surface area contributed by atoms with Crippen molar-refractivity contribution < 1.29 is 9.47 Å². The summed E-state index contributed by atoms with van der Waals surface area (Å²) in [6.45, 7) is 5.14. The third-order valence-electron chi connectivity index (χ3n) is 6.37. The van der Waals surface area contributed by atoms with Gasteiger partial charge in [0, 0.05) is 44.0 Å². The predicted octanol–water partition coefficient (Wildman–Crippen LogP) is 6.24. The fraction of sp³-hybridized carbons (Fsp3) is 0.286. The van der Waals surface area contributed by atoms with E-state index in [-0.39, 0.29) is 6.10 Å². The van der Waals surface area contributed by atoms with E-state index >= 15 is 0 Å². The van der Waals surface area contributed by atoms with Gasteiger partial charge in [-0.25, -0.2) is 0 Å². The van der Waals surface area contributed by atoms with Crippen molar-refractivity contribution >= 4 is 27.8 Å². The number of thiophene rings is 1. The Balaban J connectivity index is 1.21. The average Bonchev–Trinajstić information content (AvgIpc) is 3.42. The van der Waals surface area contributed by atoms with Gasteiger partial charge in [0.2, 0.25) is 0 Å². The minimum Gasteiger partial charge on any atom is -0.495 e. The van der Waals surface area contributed by atoms with Gasteiger partial charge in [-0.3, -0.25) is 4.90 Å². The number of nitrogens with zero attached hydrogens (tertiary/aromatic N) is 2. The number of benzene rings is 3. The molecule has 1 atom stereocenters. The maximum atomic E-state index is 6.54. The fourth-order valence-electron chi connectivity index (χ4n) is 4.54. The summed E-state index contributed by atoms with van der Waals surface area (Å²) in [5.74, 6) is 1.89. The molecule has 1 aliphatic rings. The second kappa shape index (κ2) is 10.3. The monoisotopic (exact) mass is 458 g/mol. The number of hydrogen-bond donors (Lipinski definition) is 0. The molecule has 170 valence electrons. The van der Waals surface area contributed by atoms with Crippen molar-refractivity contribution in [3.05, 3.63) is 89.1 Å². The zero-order valence-electron chi connectivity index (χ0n) is 19.0. The molecule has 0 saturated carbocycles. The lowest BCUT2D eigenvalue weighted by atomic mass is 10.1. The Kier molecular flexibility index (Phi) is 6.79. The topological polar surface area (TPSA) is 24.9 Å². The first-order chi connectivity index (χ1) is 16.3. The van der Waals surface area contributed by atoms with Gasteiger partial charge >= 0.3 is 0 Å². The number of para-hydroxylation sites is 2. The molecule has 1 aromatic heterocycles. The molecule has 2 heterocycles. The lowest BCUT2D eigenvalue weighted by molar-refractivity contribution is 0.163. The van der Waals surface area contributed by atoms with Gasteiger partial charge in [-0.05, 0) is 46.5 Å². The van der Waals surface area contributed by atoms with Crippen LogP contribution in [0.25, 0.3) is 10.8 Å². The van der Waals surface area contributed by atoms with Crippen LogP contribution in [-0.2, 0) is 0 Å². The first-order valence-corrected chi connectivity index (χ1v) is 12.5. The predicted molar refractivity (Wildman–Crippen MR) is 138 cm³/mol. The summed E-state index contributed by atoms with van der Waals surface area (Å²) in [7, 11) is 1.75. The molecule has 0 spiro atoms. The second-order valence-electron chi connectivity index (χ2n) is 8.42. The number of hydrogen-bond acceptors (Lipinski definition) is 5. The van der Waals surface area contributed by atoms with Crippen molar-refractivity contribution in [2.24, 2.45) is 0 Å². The van der Waals surface area contributed by atoms with Crippen LogP contribution in [0, 0.1) is 0 Å². The van der Waals surface area contributed by atoms with Crippen LogP contribution < -0.4 is 14.4 Å². The largest absolute Gasteiger partial charge is 0.495 e. The summed E-state index contributed by atoms with van der Waals surface area (Å²) in [4.78, 5) is 6.27. The molecule has 5 rings (SSSR count). The van der Waals surface area contributed by atoms with Crippen molar-refractivity contribution in [1.29, 1.82) is 0 Å². The van der Waals surface area contributed by atoms with Crippen LogP contribution in [0.15, 0.2) is 84.2 Å². The van der Waals surface area contributed by atoms with Gasteiger partial charge in [0.1, 0.15) is 17.6 Å². The molecule has 33 heavy (non-hydrogen) atoms. The van der Waals surface area contributed by atoms with Crippen molar-refractivity contribution in [2.75, 3.05) is 44.7 Å². The van der Waals surface area contributed by atoms with Gasteiger partial charge in [-0.15, -0.1) is 11.3 Å². The maximum Gasteiger partial charge on any atom is 0.142 e. The van der Waals surface area contributed by atoms with Crippen LogP contribution >= 0.6 is 11.3 Å². The first kappa shape index (κ1) is 21.8. The third kappa shape index (κ3) is 5.15. The van der Waals surface area contributed by atoms with Gasteiger partial charge < -0.3 is 14.4 Å². The summed E-state index contributed by atoms with van der Waals surface area (Å²) < 4.78 is 12.1. The average molecular weight is 459 g/mol. The molecule has 3 aromatic carbocycles. The summed E-state index contributed by atoms with van der Waals surface area (Å²) in [6.07, 6.45) is 1.04. The Hall–Kier alpha value is -3.02. The van der Waals surface area contributed by atoms with Gasteiger partial charge in [0.25, 0.3) is 0 Å². The van der Waals surface area contributed by atoms with Gasteiger partial charge in [-0.1, -0.05) is 48.5 Å². The number of fused-ring (bicyclic) bond motifs is 1. The SMILES string of the molecule is COc1ccccc1N1CCN(CCC(Oc2ccc3ccccc3c2)c2cccs2)CC1. The highest BCUT2D eigenvalue weighted by molar-refractivity contribution is 7.10. The Morgan fingerprint density at radius 1 is 0.848 bits per heavy atom. The third-order valence-corrected chi connectivity index (χ3v) is 7.33. The highest BCUT2D eigenvalue weighted by Gasteiger charge is 2.22. The molecule has 1 unspecified atom stereocenters. The summed E-state index contributed by atoms with van der Waals surface area (Å²) >= 11 is 1.78. The van der Waals surface area contributed by atoms with E-state index in [1.54, 1.807) is 18.4 Å². The van der Waals surface area contributed by atoms with Crippen molar-refractivity contribution in [3.63, 3.8) is 0 Å². The van der Waals surface area contributed by atoms with Crippen molar-refractivity contribution in [1.82, 2.24) is 4.90 Å². The van der Waals surface area contributed by atoms with E-state index in [0.29, 0.717) is 0 Å². The molecular formula is C28H30N2O2S. The first-order valence-electron chi connectivity index (χ1n) is 11.6. The molecule has 5 heteroatoms. The van der Waals surface area contributed by atoms with Crippen molar-refractivity contribution in [3.8, 4) is 11.5 Å². The molecule has 0 radical (unpaired) electrons. The quantitative estimate of drug-likeness (QED) is 0.312. The molecular weight excluding hydrogens is 428 g/mol.